The Morgan fingerprint density at radius 1 is 1.39 bits per heavy atom. The number of benzene rings is 1. The summed E-state index contributed by atoms with van der Waals surface area (Å²) in [6.45, 7) is 6.64. The number of halogens is 1. The Hall–Kier alpha value is -2.01. The number of aromatic nitrogens is 1. The molecule has 1 saturated heterocycles. The van der Waals surface area contributed by atoms with Crippen LogP contribution in [-0.4, -0.2) is 36.2 Å². The van der Waals surface area contributed by atoms with Gasteiger partial charge < -0.3 is 10.6 Å². The summed E-state index contributed by atoms with van der Waals surface area (Å²) in [6, 6.07) is 5.94. The van der Waals surface area contributed by atoms with E-state index in [-0.39, 0.29) is 11.9 Å². The van der Waals surface area contributed by atoms with E-state index >= 15 is 0 Å². The maximum Gasteiger partial charge on any atom is 0.252 e. The number of nitrogens with one attached hydrogen (secondary N) is 2. The first-order valence-corrected chi connectivity index (χ1v) is 7.99. The van der Waals surface area contributed by atoms with Gasteiger partial charge in [0.15, 0.2) is 0 Å². The molecule has 5 heteroatoms. The molecule has 4 nitrogen and oxygen atoms in total. The molecule has 2 heterocycles. The normalized spacial score (nSPS) is 20.9. The molecule has 0 aliphatic carbocycles. The van der Waals surface area contributed by atoms with Crippen LogP contribution in [0.1, 0.15) is 33.6 Å². The van der Waals surface area contributed by atoms with Crippen LogP contribution in [-0.2, 0) is 0 Å². The molecule has 122 valence electrons. The predicted octanol–water partition coefficient (Wildman–Crippen LogP) is 2.59. The molecule has 1 amide bonds. The van der Waals surface area contributed by atoms with Crippen molar-refractivity contribution >= 4 is 16.8 Å². The molecule has 0 radical (unpaired) electrons. The molecule has 2 atom stereocenters. The SMILES string of the molecule is Cc1ccc2nc(C)c(C)c(C(=O)NC[C@@H]3C[C@H](F)CN3)c2c1. The number of fused-ring (bicyclic) bond motifs is 1. The monoisotopic (exact) mass is 315 g/mol. The molecule has 2 aromatic rings. The average Bonchev–Trinajstić information content (AvgIpc) is 2.92. The second kappa shape index (κ2) is 6.24. The number of rotatable bonds is 3. The van der Waals surface area contributed by atoms with E-state index in [1.807, 2.05) is 39.0 Å². The van der Waals surface area contributed by atoms with Gasteiger partial charge in [-0.15, -0.1) is 0 Å². The number of aryl methyl sites for hydroxylation is 2. The maximum absolute atomic E-state index is 13.2. The Balaban J connectivity index is 1.89. The fraction of sp³-hybridized carbons (Fsp3) is 0.444. The molecule has 1 aliphatic rings. The zero-order valence-corrected chi connectivity index (χ0v) is 13.7. The lowest BCUT2D eigenvalue weighted by atomic mass is 9.99. The van der Waals surface area contributed by atoms with Crippen molar-refractivity contribution in [1.82, 2.24) is 15.6 Å². The highest BCUT2D eigenvalue weighted by Crippen LogP contribution is 2.24. The quantitative estimate of drug-likeness (QED) is 0.915. The van der Waals surface area contributed by atoms with Gasteiger partial charge in [-0.2, -0.15) is 0 Å². The zero-order valence-electron chi connectivity index (χ0n) is 13.7. The third kappa shape index (κ3) is 3.20. The summed E-state index contributed by atoms with van der Waals surface area (Å²) in [7, 11) is 0. The number of alkyl halides is 1. The van der Waals surface area contributed by atoms with Crippen LogP contribution in [0.5, 0.6) is 0 Å². The molecule has 1 aromatic heterocycles. The molecule has 2 N–H and O–H groups in total. The topological polar surface area (TPSA) is 54.0 Å². The molecular formula is C18H22FN3O. The molecule has 0 unspecified atom stereocenters. The molecular weight excluding hydrogens is 293 g/mol. The van der Waals surface area contributed by atoms with Crippen LogP contribution in [0.4, 0.5) is 4.39 Å². The van der Waals surface area contributed by atoms with Gasteiger partial charge in [-0.25, -0.2) is 4.39 Å². The first kappa shape index (κ1) is 15.9. The second-order valence-corrected chi connectivity index (χ2v) is 6.37. The van der Waals surface area contributed by atoms with Gasteiger partial charge in [0, 0.05) is 30.2 Å². The number of hydrogen-bond donors (Lipinski definition) is 2. The van der Waals surface area contributed by atoms with E-state index < -0.39 is 6.17 Å². The van der Waals surface area contributed by atoms with Crippen LogP contribution in [0, 0.1) is 20.8 Å². The van der Waals surface area contributed by atoms with Gasteiger partial charge in [-0.05, 0) is 44.9 Å². The average molecular weight is 315 g/mol. The molecule has 1 aliphatic heterocycles. The van der Waals surface area contributed by atoms with Crippen LogP contribution in [0.2, 0.25) is 0 Å². The standard InChI is InChI=1S/C18H22FN3O/c1-10-4-5-16-15(6-10)17(11(2)12(3)22-16)18(23)21-9-14-7-13(19)8-20-14/h4-6,13-14,20H,7-9H2,1-3H3,(H,21,23)/t13-,14-/m0/s1. The lowest BCUT2D eigenvalue weighted by Gasteiger charge is -2.15. The second-order valence-electron chi connectivity index (χ2n) is 6.37. The number of carbonyl (C=O) groups excluding carboxylic acids is 1. The summed E-state index contributed by atoms with van der Waals surface area (Å²) >= 11 is 0. The summed E-state index contributed by atoms with van der Waals surface area (Å²) in [4.78, 5) is 17.3. The Kier molecular flexibility index (Phi) is 4.31. The number of pyridine rings is 1. The van der Waals surface area contributed by atoms with E-state index in [0.29, 0.717) is 25.1 Å². The summed E-state index contributed by atoms with van der Waals surface area (Å²) in [6.07, 6.45) is -0.362. The summed E-state index contributed by atoms with van der Waals surface area (Å²) < 4.78 is 13.2. The van der Waals surface area contributed by atoms with Crippen LogP contribution in [0.3, 0.4) is 0 Å². The van der Waals surface area contributed by atoms with Crippen molar-refractivity contribution in [2.24, 2.45) is 0 Å². The fourth-order valence-electron chi connectivity index (χ4n) is 3.12. The first-order chi connectivity index (χ1) is 11.0. The minimum atomic E-state index is -0.815. The van der Waals surface area contributed by atoms with E-state index in [1.165, 1.54) is 0 Å². The number of carbonyl (C=O) groups is 1. The summed E-state index contributed by atoms with van der Waals surface area (Å²) in [5.74, 6) is -0.118. The van der Waals surface area contributed by atoms with E-state index in [2.05, 4.69) is 15.6 Å². The Labute approximate surface area is 135 Å². The molecule has 23 heavy (non-hydrogen) atoms. The van der Waals surface area contributed by atoms with Crippen molar-refractivity contribution < 1.29 is 9.18 Å². The minimum Gasteiger partial charge on any atom is -0.350 e. The van der Waals surface area contributed by atoms with Gasteiger partial charge in [-0.3, -0.25) is 9.78 Å². The van der Waals surface area contributed by atoms with Gasteiger partial charge in [0.25, 0.3) is 5.91 Å². The molecule has 1 fully saturated rings. The van der Waals surface area contributed by atoms with Gasteiger partial charge in [0.05, 0.1) is 11.1 Å². The highest BCUT2D eigenvalue weighted by Gasteiger charge is 2.24. The molecule has 0 bridgehead atoms. The highest BCUT2D eigenvalue weighted by molar-refractivity contribution is 6.07. The lowest BCUT2D eigenvalue weighted by Crippen LogP contribution is -2.37. The van der Waals surface area contributed by atoms with Crippen molar-refractivity contribution in [1.29, 1.82) is 0 Å². The van der Waals surface area contributed by atoms with Gasteiger partial charge in [0.2, 0.25) is 0 Å². The summed E-state index contributed by atoms with van der Waals surface area (Å²) in [5.41, 5.74) is 4.34. The van der Waals surface area contributed by atoms with Crippen LogP contribution < -0.4 is 10.6 Å². The van der Waals surface area contributed by atoms with Gasteiger partial charge >= 0.3 is 0 Å². The Bertz CT molecular complexity index is 760. The van der Waals surface area contributed by atoms with Crippen LogP contribution in [0.25, 0.3) is 10.9 Å². The molecule has 3 rings (SSSR count). The maximum atomic E-state index is 13.2. The molecule has 0 saturated carbocycles. The Morgan fingerprint density at radius 2 is 2.17 bits per heavy atom. The van der Waals surface area contributed by atoms with Crippen molar-refractivity contribution in [3.8, 4) is 0 Å². The van der Waals surface area contributed by atoms with Gasteiger partial charge in [0.1, 0.15) is 6.17 Å². The molecule has 0 spiro atoms. The van der Waals surface area contributed by atoms with Crippen molar-refractivity contribution in [3.63, 3.8) is 0 Å². The van der Waals surface area contributed by atoms with Crippen LogP contribution in [0.15, 0.2) is 18.2 Å². The third-order valence-corrected chi connectivity index (χ3v) is 4.53. The minimum absolute atomic E-state index is 0.00481. The number of hydrogen-bond acceptors (Lipinski definition) is 3. The summed E-state index contributed by atoms with van der Waals surface area (Å²) in [5, 5.41) is 6.90. The molecule has 1 aromatic carbocycles. The number of amides is 1. The smallest absolute Gasteiger partial charge is 0.252 e. The fourth-order valence-corrected chi connectivity index (χ4v) is 3.12. The van der Waals surface area contributed by atoms with E-state index in [9.17, 15) is 9.18 Å². The van der Waals surface area contributed by atoms with Crippen molar-refractivity contribution in [3.05, 3.63) is 40.6 Å². The van der Waals surface area contributed by atoms with E-state index in [4.69, 9.17) is 0 Å². The van der Waals surface area contributed by atoms with E-state index in [0.717, 1.165) is 27.7 Å². The largest absolute Gasteiger partial charge is 0.350 e. The van der Waals surface area contributed by atoms with E-state index in [1.54, 1.807) is 0 Å². The van der Waals surface area contributed by atoms with Crippen LogP contribution >= 0.6 is 0 Å². The van der Waals surface area contributed by atoms with Crippen molar-refractivity contribution in [2.75, 3.05) is 13.1 Å². The van der Waals surface area contributed by atoms with Crippen molar-refractivity contribution in [2.45, 2.75) is 39.4 Å². The lowest BCUT2D eigenvalue weighted by molar-refractivity contribution is 0.0951. The predicted molar refractivity (Wildman–Crippen MR) is 89.6 cm³/mol. The van der Waals surface area contributed by atoms with Gasteiger partial charge in [-0.1, -0.05) is 11.6 Å². The highest BCUT2D eigenvalue weighted by atomic mass is 19.1. The first-order valence-electron chi connectivity index (χ1n) is 7.99. The zero-order chi connectivity index (χ0) is 16.6. The third-order valence-electron chi connectivity index (χ3n) is 4.53. The Morgan fingerprint density at radius 3 is 2.87 bits per heavy atom. The number of nitrogens with zero attached hydrogens (tertiary/aromatic N) is 1.